The van der Waals surface area contributed by atoms with Crippen LogP contribution in [0.4, 0.5) is 9.59 Å². The van der Waals surface area contributed by atoms with E-state index in [0.717, 1.165) is 87.0 Å². The van der Waals surface area contributed by atoms with Crippen molar-refractivity contribution in [1.82, 2.24) is 44.1 Å². The molecule has 0 aromatic heterocycles. The first kappa shape index (κ1) is 73.0. The molecule has 6 aliphatic rings. The number of ether oxygens (including phenoxy) is 2. The van der Waals surface area contributed by atoms with Gasteiger partial charge in [0.15, 0.2) is 0 Å². The van der Waals surface area contributed by atoms with Crippen LogP contribution in [-0.2, 0) is 9.59 Å². The molecule has 0 saturated carbocycles. The number of piperidine rings is 2. The minimum Gasteiger partial charge on any atom is -0.493 e. The molecule has 2 N–H and O–H groups in total. The predicted octanol–water partition coefficient (Wildman–Crippen LogP) is 13.0. The molecule has 4 saturated heterocycles. The molecule has 12 rings (SSSR count). The highest BCUT2D eigenvalue weighted by atomic mass is 35.5. The Labute approximate surface area is 606 Å². The fraction of sp³-hybridized carbons (Fsp3) is 0.421. The number of aliphatic imine (C=N–C) groups is 2. The van der Waals surface area contributed by atoms with Crippen LogP contribution in [0.1, 0.15) is 144 Å². The third kappa shape index (κ3) is 17.0. The average Bonchev–Trinajstić information content (AvgIpc) is 1.60. The molecule has 24 heteroatoms. The minimum atomic E-state index is -0.529. The largest absolute Gasteiger partial charge is 0.493 e. The monoisotopic (exact) mass is 1440 g/mol. The first-order valence-electron chi connectivity index (χ1n) is 34.7. The highest BCUT2D eigenvalue weighted by Gasteiger charge is 2.47. The maximum Gasteiger partial charge on any atom is 0.326 e. The number of carbonyl (C=O) groups is 6. The second-order valence-corrected chi connectivity index (χ2v) is 28.0. The number of likely N-dealkylation sites (N-methyl/N-ethyl adjacent to an activating group) is 1. The lowest BCUT2D eigenvalue weighted by Gasteiger charge is -2.39. The van der Waals surface area contributed by atoms with Gasteiger partial charge in [-0.3, -0.25) is 48.8 Å². The summed E-state index contributed by atoms with van der Waals surface area (Å²) in [7, 11) is 1.82. The molecule has 0 spiro atoms. The topological polar surface area (TPSA) is 201 Å². The highest BCUT2D eigenvalue weighted by molar-refractivity contribution is 6.31. The molecule has 0 radical (unpaired) electrons. The molecule has 528 valence electrons. The number of halogens is 4. The van der Waals surface area contributed by atoms with Crippen molar-refractivity contribution in [3.05, 3.63) is 198 Å². The molecule has 6 aromatic carbocycles. The summed E-state index contributed by atoms with van der Waals surface area (Å²) >= 11 is 25.3. The van der Waals surface area contributed by atoms with Gasteiger partial charge >= 0.3 is 12.1 Å². The number of benzene rings is 6. The molecule has 6 aromatic rings. The summed E-state index contributed by atoms with van der Waals surface area (Å²) in [6.07, 6.45) is 6.22. The number of amides is 8. The van der Waals surface area contributed by atoms with Crippen LogP contribution < -0.4 is 15.2 Å². The summed E-state index contributed by atoms with van der Waals surface area (Å²) in [6.45, 7) is 15.8. The number of urea groups is 2. The van der Waals surface area contributed by atoms with Gasteiger partial charge in [0.25, 0.3) is 11.8 Å². The van der Waals surface area contributed by atoms with Crippen LogP contribution in [0.25, 0.3) is 0 Å². The molecule has 0 aliphatic carbocycles. The lowest BCUT2D eigenvalue weighted by atomic mass is 9.93. The second kappa shape index (κ2) is 33.5. The number of hydrogen-bond donors (Lipinski definition) is 1. The Bertz CT molecular complexity index is 3950. The van der Waals surface area contributed by atoms with Crippen molar-refractivity contribution in [1.29, 1.82) is 0 Å². The van der Waals surface area contributed by atoms with Crippen molar-refractivity contribution in [3.8, 4) is 11.5 Å². The third-order valence-electron chi connectivity index (χ3n) is 19.4. The van der Waals surface area contributed by atoms with Gasteiger partial charge in [-0.2, -0.15) is 0 Å². The maximum absolute atomic E-state index is 15.0. The lowest BCUT2D eigenvalue weighted by Crippen LogP contribution is -2.55. The summed E-state index contributed by atoms with van der Waals surface area (Å²) < 4.78 is 12.4. The van der Waals surface area contributed by atoms with E-state index in [2.05, 4.69) is 4.90 Å². The third-order valence-corrected chi connectivity index (χ3v) is 20.4. The number of hydrogen-bond acceptors (Lipinski definition) is 12. The van der Waals surface area contributed by atoms with Gasteiger partial charge in [-0.15, -0.1) is 0 Å². The number of piperazine rings is 2. The fourth-order valence-electron chi connectivity index (χ4n) is 13.8. The first-order chi connectivity index (χ1) is 48.3. The molecule has 0 bridgehead atoms. The average molecular weight is 1440 g/mol. The summed E-state index contributed by atoms with van der Waals surface area (Å²) in [5.41, 5.74) is 11.3. The molecular weight excluding hydrogens is 1350 g/mol. The molecule has 6 heterocycles. The summed E-state index contributed by atoms with van der Waals surface area (Å²) in [4.78, 5) is 109. The van der Waals surface area contributed by atoms with E-state index in [1.807, 2.05) is 170 Å². The Morgan fingerprint density at radius 1 is 0.460 bits per heavy atom. The maximum atomic E-state index is 15.0. The van der Waals surface area contributed by atoms with Crippen LogP contribution in [0.2, 0.25) is 20.1 Å². The number of likely N-dealkylation sites (tertiary alicyclic amines) is 2. The normalized spacial score (nSPS) is 19.8. The zero-order valence-electron chi connectivity index (χ0n) is 57.4. The molecule has 4 atom stereocenters. The van der Waals surface area contributed by atoms with Gasteiger partial charge < -0.3 is 39.7 Å². The van der Waals surface area contributed by atoms with E-state index in [0.29, 0.717) is 138 Å². The van der Waals surface area contributed by atoms with Crippen LogP contribution in [0.3, 0.4) is 0 Å². The zero-order chi connectivity index (χ0) is 70.7. The molecule has 8 amide bonds. The lowest BCUT2D eigenvalue weighted by molar-refractivity contribution is -0.133. The number of nitrogens with zero attached hydrogens (tertiary/aromatic N) is 11. The van der Waals surface area contributed by atoms with Crippen LogP contribution in [0, 0.1) is 0 Å². The second-order valence-electron chi connectivity index (χ2n) is 26.3. The first-order valence-corrected chi connectivity index (χ1v) is 36.3. The standard InChI is InChI=1S/C40H48Cl2N6O4.C36H40Cl2N6O4/c1-5-52-34-25-30(39(50)46-19-7-6-8-20-46)13-18-33(34)38-43-36(28-9-14-31(41)15-10-28)37(29-11-16-32(42)17-12-29)48(38)40(51)47-23-21-45(22-24-47)26-35(49)44(4)27(2)3;1-2-48-30-22-26(35(46)42-16-4-3-5-17-42)10-15-29(30)34-40-32(24-6-11-27(37)12-7-24)33(25-8-13-28(38)14-9-25)44(34)36(47)43-20-18-41(19-21-43)23-31(39)45/h9-18,25,27,36-37H,5-8,19-24,26H2,1-4H3;6-15,22,32-33H,2-5,16-21,23H2,1H3,(H2,39,45)/t36-,37+;32-,33+/m00/s1. The number of primary amides is 1. The van der Waals surface area contributed by atoms with E-state index in [9.17, 15) is 28.8 Å². The van der Waals surface area contributed by atoms with Gasteiger partial charge in [-0.05, 0) is 173 Å². The molecule has 4 fully saturated rings. The van der Waals surface area contributed by atoms with Crippen molar-refractivity contribution in [3.63, 3.8) is 0 Å². The van der Waals surface area contributed by atoms with Gasteiger partial charge in [0.05, 0.1) is 49.5 Å². The van der Waals surface area contributed by atoms with Crippen LogP contribution in [0.15, 0.2) is 143 Å². The number of carbonyl (C=O) groups excluding carboxylic acids is 6. The Morgan fingerprint density at radius 2 is 0.800 bits per heavy atom. The van der Waals surface area contributed by atoms with Gasteiger partial charge in [0.2, 0.25) is 11.8 Å². The van der Waals surface area contributed by atoms with Crippen molar-refractivity contribution in [2.75, 3.05) is 112 Å². The van der Waals surface area contributed by atoms with E-state index >= 15 is 0 Å². The molecule has 20 nitrogen and oxygen atoms in total. The van der Waals surface area contributed by atoms with Gasteiger partial charge in [0, 0.05) is 123 Å². The van der Waals surface area contributed by atoms with E-state index in [4.69, 9.17) is 71.6 Å². The van der Waals surface area contributed by atoms with Crippen LogP contribution in [0.5, 0.6) is 11.5 Å². The SMILES string of the molecule is CCOc1cc(C(=O)N2CCCCC2)ccc1C1=N[C@@H](c2ccc(Cl)cc2)[C@@H](c2ccc(Cl)cc2)N1C(=O)N1CCN(CC(=O)N(C)C(C)C)CC1.CCOc1cc(C(=O)N2CCCCC2)ccc1C1=N[C@@H](c2ccc(Cl)cc2)[C@@H](c2ccc(Cl)cc2)N1C(=O)N1CCN(CC(N)=O)CC1. The van der Waals surface area contributed by atoms with E-state index < -0.39 is 30.1 Å². The molecule has 100 heavy (non-hydrogen) atoms. The smallest absolute Gasteiger partial charge is 0.326 e. The van der Waals surface area contributed by atoms with E-state index in [1.165, 1.54) is 0 Å². The Morgan fingerprint density at radius 3 is 1.13 bits per heavy atom. The quantitative estimate of drug-likeness (QED) is 0.0916. The molecule has 0 unspecified atom stereocenters. The molecule has 6 aliphatic heterocycles. The number of nitrogens with two attached hydrogens (primary N) is 1. The Hall–Kier alpha value is -8.24. The van der Waals surface area contributed by atoms with Crippen LogP contribution >= 0.6 is 46.4 Å². The van der Waals surface area contributed by atoms with Crippen molar-refractivity contribution >= 4 is 93.8 Å². The van der Waals surface area contributed by atoms with Gasteiger partial charge in [-0.1, -0.05) is 94.9 Å². The van der Waals surface area contributed by atoms with E-state index in [1.54, 1.807) is 37.8 Å². The summed E-state index contributed by atoms with van der Waals surface area (Å²) in [5.74, 6) is 1.48. The fourth-order valence-corrected chi connectivity index (χ4v) is 14.3. The minimum absolute atomic E-state index is 0.0254. The zero-order valence-corrected chi connectivity index (χ0v) is 60.4. The number of amidine groups is 2. The van der Waals surface area contributed by atoms with Crippen molar-refractivity contribution < 1.29 is 38.2 Å². The van der Waals surface area contributed by atoms with Crippen LogP contribution in [-0.4, -0.2) is 209 Å². The summed E-state index contributed by atoms with van der Waals surface area (Å²) in [6, 6.07) is 38.6. The van der Waals surface area contributed by atoms with Gasteiger partial charge in [0.1, 0.15) is 35.3 Å². The summed E-state index contributed by atoms with van der Waals surface area (Å²) in [5, 5.41) is 2.37. The van der Waals surface area contributed by atoms with E-state index in [-0.39, 0.29) is 42.4 Å². The highest BCUT2D eigenvalue weighted by Crippen LogP contribution is 2.48. The Balaban J connectivity index is 0.000000202. The predicted molar refractivity (Wildman–Crippen MR) is 392 cm³/mol. The number of rotatable bonds is 17. The van der Waals surface area contributed by atoms with Crippen molar-refractivity contribution in [2.24, 2.45) is 15.7 Å². The van der Waals surface area contributed by atoms with Crippen molar-refractivity contribution in [2.45, 2.75) is 96.4 Å². The Kier molecular flexibility index (Phi) is 24.4. The van der Waals surface area contributed by atoms with Gasteiger partial charge in [-0.25, -0.2) is 9.59 Å². The molecular formula is C76H88Cl4N12O8.